The molecule has 11 heavy (non-hydrogen) atoms. The molecule has 0 heterocycles. The highest BCUT2D eigenvalue weighted by molar-refractivity contribution is 5.14. The van der Waals surface area contributed by atoms with Crippen molar-refractivity contribution in [3.8, 4) is 0 Å². The molecule has 0 amide bonds. The first kappa shape index (κ1) is 8.24. The van der Waals surface area contributed by atoms with Gasteiger partial charge in [-0.3, -0.25) is 0 Å². The summed E-state index contributed by atoms with van der Waals surface area (Å²) in [6.07, 6.45) is 0.515. The summed E-state index contributed by atoms with van der Waals surface area (Å²) in [4.78, 5) is 0. The van der Waals surface area contributed by atoms with E-state index in [-0.39, 0.29) is 0 Å². The molecule has 0 unspecified atom stereocenters. The van der Waals surface area contributed by atoms with E-state index in [1.165, 1.54) is 0 Å². The minimum Gasteiger partial charge on any atom is -0.361 e. The molecule has 0 aromatic heterocycles. The summed E-state index contributed by atoms with van der Waals surface area (Å²) in [6, 6.07) is 9.73. The van der Waals surface area contributed by atoms with Crippen LogP contribution in [0.15, 0.2) is 30.3 Å². The molecule has 1 aromatic rings. The van der Waals surface area contributed by atoms with Gasteiger partial charge < -0.3 is 10.2 Å². The molecule has 0 aliphatic carbocycles. The molecule has 1 rings (SSSR count). The van der Waals surface area contributed by atoms with Crippen LogP contribution >= 0.6 is 0 Å². The Hall–Kier alpha value is -0.860. The van der Waals surface area contributed by atoms with Crippen LogP contribution in [0, 0.1) is 6.29 Å². The SMILES string of the molecule is O[C](O)CCc1ccccc1. The van der Waals surface area contributed by atoms with Gasteiger partial charge in [0, 0.05) is 6.42 Å². The molecule has 2 heteroatoms. The minimum absolute atomic E-state index is 0.323. The van der Waals surface area contributed by atoms with Crippen LogP contribution in [0.25, 0.3) is 0 Å². The van der Waals surface area contributed by atoms with Crippen molar-refractivity contribution in [3.05, 3.63) is 42.2 Å². The average molecular weight is 151 g/mol. The van der Waals surface area contributed by atoms with E-state index in [2.05, 4.69) is 0 Å². The van der Waals surface area contributed by atoms with Gasteiger partial charge in [-0.15, -0.1) is 0 Å². The Labute approximate surface area is 66.1 Å². The Morgan fingerprint density at radius 3 is 2.27 bits per heavy atom. The molecule has 0 atom stereocenters. The zero-order valence-electron chi connectivity index (χ0n) is 6.20. The van der Waals surface area contributed by atoms with Crippen LogP contribution in [-0.4, -0.2) is 10.2 Å². The highest BCUT2D eigenvalue weighted by atomic mass is 16.5. The van der Waals surface area contributed by atoms with Crippen molar-refractivity contribution in [2.45, 2.75) is 12.8 Å². The number of aliphatic hydroxyl groups is 2. The summed E-state index contributed by atoms with van der Waals surface area (Å²) in [5, 5.41) is 17.0. The molecule has 59 valence electrons. The van der Waals surface area contributed by atoms with E-state index in [0.717, 1.165) is 5.56 Å². The molecular weight excluding hydrogens is 140 g/mol. The normalized spacial score (nSPS) is 10.5. The van der Waals surface area contributed by atoms with Crippen molar-refractivity contribution in [3.63, 3.8) is 0 Å². The number of aryl methyl sites for hydroxylation is 1. The number of aliphatic hydroxyl groups excluding tert-OH is 1. The molecule has 0 aliphatic rings. The standard InChI is InChI=1S/C9H11O2/c10-9(11)7-6-8-4-2-1-3-5-8/h1-5,10-11H,6-7H2. The van der Waals surface area contributed by atoms with Crippen molar-refractivity contribution >= 4 is 0 Å². The predicted molar refractivity (Wildman–Crippen MR) is 41.9 cm³/mol. The second-order valence-electron chi connectivity index (χ2n) is 2.40. The molecule has 0 aliphatic heterocycles. The number of benzene rings is 1. The third-order valence-corrected chi connectivity index (χ3v) is 1.48. The van der Waals surface area contributed by atoms with Crippen molar-refractivity contribution in [1.82, 2.24) is 0 Å². The van der Waals surface area contributed by atoms with E-state index in [1.807, 2.05) is 30.3 Å². The highest BCUT2D eigenvalue weighted by Gasteiger charge is 1.99. The van der Waals surface area contributed by atoms with E-state index < -0.39 is 6.29 Å². The van der Waals surface area contributed by atoms with E-state index in [4.69, 9.17) is 10.2 Å². The van der Waals surface area contributed by atoms with Crippen LogP contribution in [0.4, 0.5) is 0 Å². The smallest absolute Gasteiger partial charge is 0.218 e. The van der Waals surface area contributed by atoms with E-state index >= 15 is 0 Å². The Morgan fingerprint density at radius 2 is 1.73 bits per heavy atom. The van der Waals surface area contributed by atoms with Gasteiger partial charge in [-0.05, 0) is 12.0 Å². The van der Waals surface area contributed by atoms with Gasteiger partial charge in [0.05, 0.1) is 0 Å². The van der Waals surface area contributed by atoms with Gasteiger partial charge in [0.1, 0.15) is 0 Å². The van der Waals surface area contributed by atoms with Crippen LogP contribution in [-0.2, 0) is 6.42 Å². The lowest BCUT2D eigenvalue weighted by Gasteiger charge is -2.00. The monoisotopic (exact) mass is 151 g/mol. The topological polar surface area (TPSA) is 40.5 Å². The minimum atomic E-state index is -0.492. The van der Waals surface area contributed by atoms with Crippen LogP contribution in [0.5, 0.6) is 0 Å². The first-order valence-corrected chi connectivity index (χ1v) is 3.57. The fraction of sp³-hybridized carbons (Fsp3) is 0.222. The molecule has 2 nitrogen and oxygen atoms in total. The van der Waals surface area contributed by atoms with Crippen LogP contribution in [0.3, 0.4) is 0 Å². The molecule has 2 N–H and O–H groups in total. The molecule has 1 aromatic carbocycles. The van der Waals surface area contributed by atoms with Gasteiger partial charge in [0.2, 0.25) is 6.29 Å². The van der Waals surface area contributed by atoms with E-state index in [1.54, 1.807) is 0 Å². The van der Waals surface area contributed by atoms with Crippen LogP contribution in [0.2, 0.25) is 0 Å². The maximum Gasteiger partial charge on any atom is 0.218 e. The molecule has 0 spiro atoms. The third-order valence-electron chi connectivity index (χ3n) is 1.48. The molecule has 0 fully saturated rings. The zero-order chi connectivity index (χ0) is 8.10. The predicted octanol–water partition coefficient (Wildman–Crippen LogP) is 1.85. The van der Waals surface area contributed by atoms with E-state index in [0.29, 0.717) is 12.8 Å². The van der Waals surface area contributed by atoms with Gasteiger partial charge in [-0.25, -0.2) is 0 Å². The second kappa shape index (κ2) is 4.11. The lowest BCUT2D eigenvalue weighted by Crippen LogP contribution is -1.95. The summed E-state index contributed by atoms with van der Waals surface area (Å²) in [7, 11) is 0. The molecule has 0 saturated heterocycles. The Balaban J connectivity index is 2.39. The molecule has 0 bridgehead atoms. The molecular formula is C9H11O2. The number of hydrogen-bond acceptors (Lipinski definition) is 2. The summed E-state index contributed by atoms with van der Waals surface area (Å²) in [6.45, 7) is 0. The third kappa shape index (κ3) is 3.16. The maximum atomic E-state index is 8.49. The lowest BCUT2D eigenvalue weighted by molar-refractivity contribution is 0.0728. The molecule has 1 radical (unpaired) electrons. The largest absolute Gasteiger partial charge is 0.361 e. The first-order valence-electron chi connectivity index (χ1n) is 3.57. The van der Waals surface area contributed by atoms with Gasteiger partial charge in [0.25, 0.3) is 0 Å². The van der Waals surface area contributed by atoms with E-state index in [9.17, 15) is 0 Å². The summed E-state index contributed by atoms with van der Waals surface area (Å²) in [5.41, 5.74) is 1.12. The highest BCUT2D eigenvalue weighted by Crippen LogP contribution is 2.05. The summed E-state index contributed by atoms with van der Waals surface area (Å²) < 4.78 is 0. The summed E-state index contributed by atoms with van der Waals surface area (Å²) in [5.74, 6) is 0. The average Bonchev–Trinajstić information content (AvgIpc) is 2.03. The van der Waals surface area contributed by atoms with Crippen molar-refractivity contribution in [2.24, 2.45) is 0 Å². The quantitative estimate of drug-likeness (QED) is 0.692. The fourth-order valence-electron chi connectivity index (χ4n) is 0.901. The number of hydrogen-bond donors (Lipinski definition) is 2. The Bertz CT molecular complexity index is 194. The Morgan fingerprint density at radius 1 is 1.09 bits per heavy atom. The van der Waals surface area contributed by atoms with Gasteiger partial charge in [0.15, 0.2) is 0 Å². The van der Waals surface area contributed by atoms with Gasteiger partial charge in [-0.1, -0.05) is 30.3 Å². The maximum absolute atomic E-state index is 8.49. The molecule has 0 saturated carbocycles. The second-order valence-corrected chi connectivity index (χ2v) is 2.40. The lowest BCUT2D eigenvalue weighted by atomic mass is 10.1. The van der Waals surface area contributed by atoms with Crippen LogP contribution in [0.1, 0.15) is 12.0 Å². The van der Waals surface area contributed by atoms with Crippen molar-refractivity contribution in [1.29, 1.82) is 0 Å². The van der Waals surface area contributed by atoms with Gasteiger partial charge >= 0.3 is 0 Å². The van der Waals surface area contributed by atoms with Gasteiger partial charge in [-0.2, -0.15) is 0 Å². The van der Waals surface area contributed by atoms with Crippen LogP contribution < -0.4 is 0 Å². The summed E-state index contributed by atoms with van der Waals surface area (Å²) >= 11 is 0. The van der Waals surface area contributed by atoms with Crippen molar-refractivity contribution in [2.75, 3.05) is 0 Å². The first-order chi connectivity index (χ1) is 5.29. The number of rotatable bonds is 3. The zero-order valence-corrected chi connectivity index (χ0v) is 6.20. The van der Waals surface area contributed by atoms with Crippen molar-refractivity contribution < 1.29 is 10.2 Å². The fourth-order valence-corrected chi connectivity index (χ4v) is 0.901. The Kier molecular flexibility index (Phi) is 3.08.